The van der Waals surface area contributed by atoms with Crippen molar-refractivity contribution in [2.75, 3.05) is 33.2 Å². The number of quaternary nitrogens is 1. The Morgan fingerprint density at radius 1 is 1.20 bits per heavy atom. The Kier molecular flexibility index (Phi) is 6.39. The van der Waals surface area contributed by atoms with E-state index < -0.39 is 22.1 Å². The Morgan fingerprint density at radius 2 is 1.76 bits per heavy atom. The van der Waals surface area contributed by atoms with Crippen molar-refractivity contribution in [3.63, 3.8) is 0 Å². The van der Waals surface area contributed by atoms with E-state index in [0.717, 1.165) is 4.90 Å². The van der Waals surface area contributed by atoms with Gasteiger partial charge in [0, 0.05) is 12.1 Å². The first-order chi connectivity index (χ1) is 11.8. The number of hydrogen-bond donors (Lipinski definition) is 3. The lowest BCUT2D eigenvalue weighted by molar-refractivity contribution is -0.917. The van der Waals surface area contributed by atoms with Gasteiger partial charge >= 0.3 is 6.03 Å². The lowest BCUT2D eigenvalue weighted by Crippen LogP contribution is -3.19. The van der Waals surface area contributed by atoms with Crippen LogP contribution in [0.5, 0.6) is 0 Å². The van der Waals surface area contributed by atoms with E-state index in [-0.39, 0.29) is 10.8 Å². The van der Waals surface area contributed by atoms with Gasteiger partial charge < -0.3 is 10.2 Å². The van der Waals surface area contributed by atoms with Crippen molar-refractivity contribution in [1.82, 2.24) is 14.9 Å². The number of halogens is 1. The Labute approximate surface area is 152 Å². The van der Waals surface area contributed by atoms with Crippen molar-refractivity contribution in [1.29, 1.82) is 0 Å². The number of sulfonamides is 1. The second kappa shape index (κ2) is 8.13. The number of rotatable bonds is 4. The highest BCUT2D eigenvalue weighted by Crippen LogP contribution is 2.18. The molecule has 1 aliphatic heterocycles. The third-order valence-corrected chi connectivity index (χ3v) is 6.45. The molecule has 0 saturated carbocycles. The molecule has 3 N–H and O–H groups in total. The Bertz CT molecular complexity index is 730. The van der Waals surface area contributed by atoms with E-state index in [0.29, 0.717) is 31.2 Å². The highest BCUT2D eigenvalue weighted by Gasteiger charge is 2.34. The Hall–Kier alpha value is -1.68. The molecule has 1 heterocycles. The number of benzene rings is 1. The van der Waals surface area contributed by atoms with Gasteiger partial charge in [-0.2, -0.15) is 4.31 Å². The lowest BCUT2D eigenvalue weighted by atomic mass is 10.2. The number of hydrogen-bond acceptors (Lipinski definition) is 4. The number of carbonyl (C=O) groups excluding carboxylic acids is 2. The molecule has 3 amide bonds. The molecule has 0 unspecified atom stereocenters. The van der Waals surface area contributed by atoms with Crippen molar-refractivity contribution in [3.05, 3.63) is 29.3 Å². The number of imide groups is 1. The average Bonchev–Trinajstić information content (AvgIpc) is 2.61. The first-order valence-electron chi connectivity index (χ1n) is 7.88. The summed E-state index contributed by atoms with van der Waals surface area (Å²) in [7, 11) is -2.14. The van der Waals surface area contributed by atoms with Crippen molar-refractivity contribution in [2.24, 2.45) is 0 Å². The molecule has 0 aliphatic carbocycles. The quantitative estimate of drug-likeness (QED) is 0.619. The van der Waals surface area contributed by atoms with E-state index in [4.69, 9.17) is 11.6 Å². The van der Waals surface area contributed by atoms with Gasteiger partial charge in [0.1, 0.15) is 0 Å². The number of urea groups is 1. The fourth-order valence-electron chi connectivity index (χ4n) is 2.67. The zero-order valence-electron chi connectivity index (χ0n) is 14.1. The third kappa shape index (κ3) is 4.69. The molecule has 1 fully saturated rings. The van der Waals surface area contributed by atoms with Crippen LogP contribution in [0.15, 0.2) is 29.2 Å². The van der Waals surface area contributed by atoms with Crippen LogP contribution in [0.4, 0.5) is 4.79 Å². The minimum Gasteiger partial charge on any atom is -0.341 e. The molecule has 0 radical (unpaired) electrons. The summed E-state index contributed by atoms with van der Waals surface area (Å²) in [6.45, 7) is 3.29. The molecule has 25 heavy (non-hydrogen) atoms. The number of amides is 3. The molecular formula is C15H22ClN4O4S+. The normalized spacial score (nSPS) is 17.7. The van der Waals surface area contributed by atoms with Crippen LogP contribution < -0.4 is 15.5 Å². The summed E-state index contributed by atoms with van der Waals surface area (Å²) in [6, 6.07) is 5.05. The van der Waals surface area contributed by atoms with E-state index in [1.165, 1.54) is 23.5 Å². The molecule has 0 spiro atoms. The molecule has 138 valence electrons. The smallest absolute Gasteiger partial charge is 0.321 e. The van der Waals surface area contributed by atoms with Gasteiger partial charge in [-0.1, -0.05) is 11.6 Å². The van der Waals surface area contributed by atoms with Crippen LogP contribution in [0, 0.1) is 0 Å². The minimum atomic E-state index is -3.57. The standard InChI is InChI=1S/C15H21ClN4O4S/c1-11(14(21)18-15(22)17-2)19-7-9-20(10-8-19)25(23,24)13-5-3-12(16)4-6-13/h3-6,11H,7-10H2,1-2H3,(H2,17,18,21,22)/p+1/t11-/m1/s1. The molecule has 2 rings (SSSR count). The largest absolute Gasteiger partial charge is 0.341 e. The zero-order valence-corrected chi connectivity index (χ0v) is 15.7. The number of carbonyl (C=O) groups is 2. The summed E-state index contributed by atoms with van der Waals surface area (Å²) in [6.07, 6.45) is 0. The van der Waals surface area contributed by atoms with E-state index >= 15 is 0 Å². The maximum absolute atomic E-state index is 12.6. The molecular weight excluding hydrogens is 368 g/mol. The lowest BCUT2D eigenvalue weighted by Gasteiger charge is -2.34. The van der Waals surface area contributed by atoms with E-state index in [9.17, 15) is 18.0 Å². The summed E-state index contributed by atoms with van der Waals surface area (Å²) in [5, 5.41) is 5.05. The van der Waals surface area contributed by atoms with Gasteiger partial charge in [-0.15, -0.1) is 0 Å². The summed E-state index contributed by atoms with van der Waals surface area (Å²) < 4.78 is 26.7. The van der Waals surface area contributed by atoms with Crippen molar-refractivity contribution < 1.29 is 22.9 Å². The van der Waals surface area contributed by atoms with Gasteiger partial charge in [-0.05, 0) is 31.2 Å². The second-order valence-electron chi connectivity index (χ2n) is 5.81. The maximum Gasteiger partial charge on any atom is 0.321 e. The number of nitrogens with one attached hydrogen (secondary N) is 3. The Balaban J connectivity index is 1.98. The second-order valence-corrected chi connectivity index (χ2v) is 8.18. The fourth-order valence-corrected chi connectivity index (χ4v) is 4.24. The summed E-state index contributed by atoms with van der Waals surface area (Å²) in [4.78, 5) is 24.4. The van der Waals surface area contributed by atoms with Crippen LogP contribution in [-0.4, -0.2) is 63.9 Å². The molecule has 1 aliphatic rings. The number of piperazine rings is 1. The maximum atomic E-state index is 12.6. The van der Waals surface area contributed by atoms with Crippen LogP contribution in [0.3, 0.4) is 0 Å². The van der Waals surface area contributed by atoms with Crippen molar-refractivity contribution in [3.8, 4) is 0 Å². The molecule has 1 atom stereocenters. The van der Waals surface area contributed by atoms with E-state index in [1.54, 1.807) is 19.1 Å². The summed E-state index contributed by atoms with van der Waals surface area (Å²) >= 11 is 5.80. The van der Waals surface area contributed by atoms with Gasteiger partial charge in [0.05, 0.1) is 31.1 Å². The molecule has 1 aromatic rings. The van der Waals surface area contributed by atoms with Gasteiger partial charge in [0.25, 0.3) is 5.91 Å². The monoisotopic (exact) mass is 389 g/mol. The molecule has 1 saturated heterocycles. The van der Waals surface area contributed by atoms with E-state index in [1.807, 2.05) is 0 Å². The van der Waals surface area contributed by atoms with Crippen molar-refractivity contribution >= 4 is 33.6 Å². The van der Waals surface area contributed by atoms with Gasteiger partial charge in [-0.25, -0.2) is 13.2 Å². The van der Waals surface area contributed by atoms with Gasteiger partial charge in [0.2, 0.25) is 10.0 Å². The summed E-state index contributed by atoms with van der Waals surface area (Å²) in [5.41, 5.74) is 0. The van der Waals surface area contributed by atoms with Crippen LogP contribution in [0.1, 0.15) is 6.92 Å². The topological polar surface area (TPSA) is 100 Å². The summed E-state index contributed by atoms with van der Waals surface area (Å²) in [5.74, 6) is -0.386. The average molecular weight is 390 g/mol. The first-order valence-corrected chi connectivity index (χ1v) is 9.70. The van der Waals surface area contributed by atoms with Gasteiger partial charge in [0.15, 0.2) is 6.04 Å². The third-order valence-electron chi connectivity index (χ3n) is 4.29. The predicted molar refractivity (Wildman–Crippen MR) is 93.0 cm³/mol. The Morgan fingerprint density at radius 3 is 2.28 bits per heavy atom. The van der Waals surface area contributed by atoms with Gasteiger partial charge in [-0.3, -0.25) is 10.1 Å². The molecule has 8 nitrogen and oxygen atoms in total. The molecule has 1 aromatic carbocycles. The van der Waals surface area contributed by atoms with Crippen LogP contribution in [0.2, 0.25) is 5.02 Å². The molecule has 10 heteroatoms. The minimum absolute atomic E-state index is 0.200. The fraction of sp³-hybridized carbons (Fsp3) is 0.467. The van der Waals surface area contributed by atoms with Crippen LogP contribution in [0.25, 0.3) is 0 Å². The highest BCUT2D eigenvalue weighted by molar-refractivity contribution is 7.89. The van der Waals surface area contributed by atoms with Crippen molar-refractivity contribution in [2.45, 2.75) is 17.9 Å². The predicted octanol–water partition coefficient (Wildman–Crippen LogP) is -0.927. The molecule has 0 aromatic heterocycles. The van der Waals surface area contributed by atoms with E-state index in [2.05, 4.69) is 10.6 Å². The zero-order chi connectivity index (χ0) is 18.6. The van der Waals surface area contributed by atoms with Crippen LogP contribution >= 0.6 is 11.6 Å². The highest BCUT2D eigenvalue weighted by atomic mass is 35.5. The van der Waals surface area contributed by atoms with Crippen LogP contribution in [-0.2, 0) is 14.8 Å². The first kappa shape index (κ1) is 19.6. The SMILES string of the molecule is CNC(=O)NC(=O)[C@@H](C)[NH+]1CCN(S(=O)(=O)c2ccc(Cl)cc2)CC1. The number of nitrogens with zero attached hydrogens (tertiary/aromatic N) is 1. The molecule has 0 bridgehead atoms.